The van der Waals surface area contributed by atoms with E-state index in [-0.39, 0.29) is 24.0 Å². The number of nitrogens with zero attached hydrogens (tertiary/aromatic N) is 3. The van der Waals surface area contributed by atoms with E-state index in [0.29, 0.717) is 0 Å². The molecule has 0 saturated carbocycles. The summed E-state index contributed by atoms with van der Waals surface area (Å²) < 4.78 is 2.30. The lowest BCUT2D eigenvalue weighted by Crippen LogP contribution is -2.36. The third-order valence-electron chi connectivity index (χ3n) is 3.26. The fourth-order valence-electron chi connectivity index (χ4n) is 2.28. The lowest BCUT2D eigenvalue weighted by Gasteiger charge is -2.16. The molecule has 0 aliphatic rings. The summed E-state index contributed by atoms with van der Waals surface area (Å²) in [5.41, 5.74) is 1.30. The number of nitrogens with one attached hydrogen (secondary N) is 1. The Kier molecular flexibility index (Phi) is 7.56. The van der Waals surface area contributed by atoms with Crippen molar-refractivity contribution in [3.05, 3.63) is 36.5 Å². The molecule has 0 unspecified atom stereocenters. The van der Waals surface area contributed by atoms with Crippen molar-refractivity contribution in [2.75, 3.05) is 27.2 Å². The van der Waals surface area contributed by atoms with Crippen LogP contribution in [0, 0.1) is 0 Å². The highest BCUT2D eigenvalue weighted by Gasteiger charge is 2.01. The van der Waals surface area contributed by atoms with Crippen molar-refractivity contribution in [3.63, 3.8) is 0 Å². The molecular weight excluding hydrogens is 375 g/mol. The number of aromatic nitrogens is 1. The Balaban J connectivity index is 0.00000220. The third-order valence-corrected chi connectivity index (χ3v) is 3.26. The Morgan fingerprint density at radius 1 is 1.24 bits per heavy atom. The van der Waals surface area contributed by atoms with Crippen molar-refractivity contribution in [1.29, 1.82) is 0 Å². The molecule has 21 heavy (non-hydrogen) atoms. The van der Waals surface area contributed by atoms with Gasteiger partial charge in [-0.3, -0.25) is 4.99 Å². The topological polar surface area (TPSA) is 32.6 Å². The number of guanidine groups is 1. The van der Waals surface area contributed by atoms with Crippen LogP contribution >= 0.6 is 24.0 Å². The first-order valence-electron chi connectivity index (χ1n) is 7.22. The van der Waals surface area contributed by atoms with Gasteiger partial charge in [0.2, 0.25) is 0 Å². The van der Waals surface area contributed by atoms with Gasteiger partial charge in [0.15, 0.2) is 5.96 Å². The largest absolute Gasteiger partial charge is 0.357 e. The first-order valence-corrected chi connectivity index (χ1v) is 7.22. The van der Waals surface area contributed by atoms with E-state index in [1.165, 1.54) is 10.9 Å². The van der Waals surface area contributed by atoms with Crippen molar-refractivity contribution in [2.24, 2.45) is 4.99 Å². The van der Waals surface area contributed by atoms with Crippen LogP contribution in [0.4, 0.5) is 0 Å². The van der Waals surface area contributed by atoms with Gasteiger partial charge < -0.3 is 14.8 Å². The molecule has 4 nitrogen and oxygen atoms in total. The van der Waals surface area contributed by atoms with Gasteiger partial charge in [0.25, 0.3) is 0 Å². The van der Waals surface area contributed by atoms with Gasteiger partial charge in [-0.2, -0.15) is 0 Å². The van der Waals surface area contributed by atoms with Crippen molar-refractivity contribution >= 4 is 40.8 Å². The zero-order chi connectivity index (χ0) is 14.4. The molecule has 0 fully saturated rings. The van der Waals surface area contributed by atoms with Crippen molar-refractivity contribution < 1.29 is 0 Å². The highest BCUT2D eigenvalue weighted by molar-refractivity contribution is 14.0. The Bertz CT molecular complexity index is 574. The average Bonchev–Trinajstić information content (AvgIpc) is 2.85. The summed E-state index contributed by atoms with van der Waals surface area (Å²) in [4.78, 5) is 6.63. The molecule has 0 aliphatic carbocycles. The van der Waals surface area contributed by atoms with Gasteiger partial charge >= 0.3 is 0 Å². The predicted molar refractivity (Wildman–Crippen MR) is 102 cm³/mol. The van der Waals surface area contributed by atoms with Crippen LogP contribution in [0.15, 0.2) is 41.5 Å². The van der Waals surface area contributed by atoms with E-state index in [9.17, 15) is 0 Å². The van der Waals surface area contributed by atoms with Gasteiger partial charge in [-0.25, -0.2) is 0 Å². The van der Waals surface area contributed by atoms with Crippen molar-refractivity contribution in [3.8, 4) is 0 Å². The second-order valence-electron chi connectivity index (χ2n) is 5.05. The fraction of sp³-hybridized carbons (Fsp3) is 0.438. The molecule has 1 aromatic heterocycles. The van der Waals surface area contributed by atoms with E-state index in [2.05, 4.69) is 58.3 Å². The summed E-state index contributed by atoms with van der Waals surface area (Å²) in [6.45, 7) is 4.83. The molecule has 1 N–H and O–H groups in total. The first kappa shape index (κ1) is 17.8. The monoisotopic (exact) mass is 400 g/mol. The lowest BCUT2D eigenvalue weighted by molar-refractivity contribution is 0.578. The molecule has 0 aliphatic heterocycles. The van der Waals surface area contributed by atoms with Crippen LogP contribution in [0.2, 0.25) is 0 Å². The first-order chi connectivity index (χ1) is 9.72. The summed E-state index contributed by atoms with van der Waals surface area (Å²) in [6.07, 6.45) is 3.20. The number of aliphatic imine (C=N–C) groups is 1. The summed E-state index contributed by atoms with van der Waals surface area (Å²) in [6, 6.07) is 10.7. The van der Waals surface area contributed by atoms with Crippen LogP contribution in [-0.2, 0) is 6.54 Å². The molecule has 0 radical (unpaired) electrons. The van der Waals surface area contributed by atoms with Gasteiger partial charge in [0.05, 0.1) is 0 Å². The van der Waals surface area contributed by atoms with Crippen molar-refractivity contribution in [1.82, 2.24) is 14.8 Å². The van der Waals surface area contributed by atoms with E-state index in [0.717, 1.165) is 32.0 Å². The summed E-state index contributed by atoms with van der Waals surface area (Å²) in [5, 5.41) is 4.58. The summed E-state index contributed by atoms with van der Waals surface area (Å²) >= 11 is 0. The van der Waals surface area contributed by atoms with E-state index in [1.54, 1.807) is 0 Å². The predicted octanol–water partition coefficient (Wildman–Crippen LogP) is 3.18. The molecule has 1 aromatic carbocycles. The Hall–Kier alpha value is -1.24. The molecule has 0 saturated heterocycles. The van der Waals surface area contributed by atoms with Gasteiger partial charge in [0, 0.05) is 45.4 Å². The molecule has 0 atom stereocenters. The number of aryl methyl sites for hydroxylation is 1. The number of rotatable bonds is 5. The zero-order valence-corrected chi connectivity index (χ0v) is 15.4. The van der Waals surface area contributed by atoms with E-state index >= 15 is 0 Å². The molecule has 1 heterocycles. The maximum Gasteiger partial charge on any atom is 0.193 e. The number of hydrogen-bond donors (Lipinski definition) is 1. The van der Waals surface area contributed by atoms with Gasteiger partial charge in [-0.05, 0) is 30.9 Å². The van der Waals surface area contributed by atoms with E-state index < -0.39 is 0 Å². The zero-order valence-electron chi connectivity index (χ0n) is 13.0. The quantitative estimate of drug-likeness (QED) is 0.362. The Morgan fingerprint density at radius 2 is 2.00 bits per heavy atom. The number of fused-ring (bicyclic) bond motifs is 1. The minimum atomic E-state index is 0. The molecule has 2 aromatic rings. The normalized spacial score (nSPS) is 11.3. The van der Waals surface area contributed by atoms with Crippen LogP contribution in [0.25, 0.3) is 10.9 Å². The Morgan fingerprint density at radius 3 is 2.71 bits per heavy atom. The van der Waals surface area contributed by atoms with Crippen LogP contribution in [0.5, 0.6) is 0 Å². The molecular formula is C16H25IN4. The number of hydrogen-bond acceptors (Lipinski definition) is 1. The fourth-order valence-corrected chi connectivity index (χ4v) is 2.28. The smallest absolute Gasteiger partial charge is 0.193 e. The molecule has 0 bridgehead atoms. The third kappa shape index (κ3) is 4.91. The number of para-hydroxylation sites is 1. The van der Waals surface area contributed by atoms with E-state index in [4.69, 9.17) is 0 Å². The summed E-state index contributed by atoms with van der Waals surface area (Å²) in [5.74, 6) is 0.963. The lowest BCUT2D eigenvalue weighted by atomic mass is 10.2. The van der Waals surface area contributed by atoms with Gasteiger partial charge in [-0.15, -0.1) is 24.0 Å². The minimum absolute atomic E-state index is 0. The maximum absolute atomic E-state index is 4.61. The number of benzene rings is 1. The highest BCUT2D eigenvalue weighted by Crippen LogP contribution is 2.15. The van der Waals surface area contributed by atoms with Crippen LogP contribution < -0.4 is 5.32 Å². The maximum atomic E-state index is 4.61. The van der Waals surface area contributed by atoms with E-state index in [1.807, 2.05) is 19.0 Å². The molecule has 116 valence electrons. The second kappa shape index (κ2) is 8.92. The highest BCUT2D eigenvalue weighted by atomic mass is 127. The van der Waals surface area contributed by atoms with Gasteiger partial charge in [0.1, 0.15) is 0 Å². The molecule has 5 heteroatoms. The Labute approximate surface area is 144 Å². The molecule has 0 spiro atoms. The van der Waals surface area contributed by atoms with Gasteiger partial charge in [-0.1, -0.05) is 18.2 Å². The second-order valence-corrected chi connectivity index (χ2v) is 5.05. The minimum Gasteiger partial charge on any atom is -0.357 e. The standard InChI is InChI=1S/C16H24N4.HI/c1-4-17-16(19(2)3)18-11-7-12-20-13-10-14-8-5-6-9-15(14)20;/h5-6,8-10,13H,4,7,11-12H2,1-3H3,(H,17,18);1H. The molecule has 2 rings (SSSR count). The van der Waals surface area contributed by atoms with Crippen LogP contribution in [0.1, 0.15) is 13.3 Å². The SMILES string of the molecule is CCNC(=NCCCn1ccc2ccccc21)N(C)C.I. The van der Waals surface area contributed by atoms with Crippen LogP contribution in [-0.4, -0.2) is 42.6 Å². The van der Waals surface area contributed by atoms with Crippen molar-refractivity contribution in [2.45, 2.75) is 19.9 Å². The summed E-state index contributed by atoms with van der Waals surface area (Å²) in [7, 11) is 4.03. The molecule has 0 amide bonds. The average molecular weight is 400 g/mol. The van der Waals surface area contributed by atoms with Crippen LogP contribution in [0.3, 0.4) is 0 Å². The number of halogens is 1.